The number of fused-ring (bicyclic) bond motifs is 1. The molecule has 2 aromatic carbocycles. The number of thioether (sulfide) groups is 1. The van der Waals surface area contributed by atoms with Gasteiger partial charge in [-0.15, -0.1) is 10.2 Å². The van der Waals surface area contributed by atoms with E-state index >= 15 is 0 Å². The van der Waals surface area contributed by atoms with Gasteiger partial charge in [0, 0.05) is 24.4 Å². The van der Waals surface area contributed by atoms with Gasteiger partial charge < -0.3 is 0 Å². The van der Waals surface area contributed by atoms with Crippen molar-refractivity contribution in [3.8, 4) is 11.4 Å². The average molecular weight is 456 g/mol. The molecule has 0 unspecified atom stereocenters. The van der Waals surface area contributed by atoms with E-state index in [4.69, 9.17) is 5.10 Å². The summed E-state index contributed by atoms with van der Waals surface area (Å²) >= 11 is 1.57. The highest BCUT2D eigenvalue weighted by molar-refractivity contribution is 7.99. The second-order valence-electron chi connectivity index (χ2n) is 7.12. The van der Waals surface area contributed by atoms with Crippen molar-refractivity contribution >= 4 is 27.5 Å². The first kappa shape index (κ1) is 21.7. The average Bonchev–Trinajstić information content (AvgIpc) is 3.23. The molecular formula is C22H25N5O2S2. The Kier molecular flexibility index (Phi) is 6.27. The molecule has 2 heterocycles. The number of nitrogens with zero attached hydrogens (tertiary/aromatic N) is 5. The maximum absolute atomic E-state index is 12.9. The minimum absolute atomic E-state index is 0.244. The van der Waals surface area contributed by atoms with Crippen LogP contribution in [0.4, 0.5) is 0 Å². The molecule has 31 heavy (non-hydrogen) atoms. The fourth-order valence-electron chi connectivity index (χ4n) is 3.49. The number of sulfonamides is 1. The molecule has 1 aromatic heterocycles. The number of rotatable bonds is 7. The van der Waals surface area contributed by atoms with Crippen molar-refractivity contribution in [2.75, 3.05) is 18.8 Å². The summed E-state index contributed by atoms with van der Waals surface area (Å²) in [5.74, 6) is 1.24. The molecule has 0 spiro atoms. The van der Waals surface area contributed by atoms with Crippen LogP contribution in [0.2, 0.25) is 0 Å². The van der Waals surface area contributed by atoms with Crippen molar-refractivity contribution in [3.05, 3.63) is 59.7 Å². The lowest BCUT2D eigenvalue weighted by atomic mass is 10.1. The standard InChI is InChI=1S/C22H25N5O2S2/c1-4-16-10-12-17(13-11-16)20-15-30-22-24-23-21(27(22)25-20)18-8-7-9-19(14-18)31(28,29)26(5-2)6-3/h7-14H,4-6,15H2,1-3H3. The van der Waals surface area contributed by atoms with E-state index in [0.29, 0.717) is 35.4 Å². The Labute approximate surface area is 187 Å². The maximum atomic E-state index is 12.9. The van der Waals surface area contributed by atoms with Crippen LogP contribution in [0, 0.1) is 0 Å². The molecule has 4 rings (SSSR count). The van der Waals surface area contributed by atoms with Crippen LogP contribution in [0.25, 0.3) is 11.4 Å². The van der Waals surface area contributed by atoms with Crippen LogP contribution in [0.1, 0.15) is 31.9 Å². The number of aryl methyl sites for hydroxylation is 1. The van der Waals surface area contributed by atoms with E-state index in [1.54, 1.807) is 34.6 Å². The highest BCUT2D eigenvalue weighted by atomic mass is 32.2. The van der Waals surface area contributed by atoms with Gasteiger partial charge in [-0.05, 0) is 29.7 Å². The van der Waals surface area contributed by atoms with E-state index < -0.39 is 10.0 Å². The van der Waals surface area contributed by atoms with Gasteiger partial charge in [0.2, 0.25) is 15.2 Å². The molecule has 0 radical (unpaired) electrons. The zero-order valence-electron chi connectivity index (χ0n) is 17.8. The molecule has 0 saturated heterocycles. The molecule has 0 bridgehead atoms. The van der Waals surface area contributed by atoms with Crippen LogP contribution in [-0.4, -0.2) is 52.2 Å². The molecule has 1 aliphatic heterocycles. The second kappa shape index (κ2) is 8.94. The first-order chi connectivity index (χ1) is 15.0. The highest BCUT2D eigenvalue weighted by Crippen LogP contribution is 2.30. The maximum Gasteiger partial charge on any atom is 0.243 e. The Bertz CT molecular complexity index is 1210. The first-order valence-corrected chi connectivity index (χ1v) is 12.8. The minimum atomic E-state index is -3.56. The Hall–Kier alpha value is -2.49. The summed E-state index contributed by atoms with van der Waals surface area (Å²) in [5.41, 5.74) is 3.95. The second-order valence-corrected chi connectivity index (χ2v) is 10.0. The van der Waals surface area contributed by atoms with Crippen LogP contribution >= 0.6 is 11.8 Å². The lowest BCUT2D eigenvalue weighted by Crippen LogP contribution is -2.30. The molecule has 3 aromatic rings. The molecule has 0 N–H and O–H groups in total. The van der Waals surface area contributed by atoms with Crippen LogP contribution in [0.15, 0.2) is 63.7 Å². The van der Waals surface area contributed by atoms with Gasteiger partial charge in [0.1, 0.15) is 0 Å². The van der Waals surface area contributed by atoms with Gasteiger partial charge in [-0.2, -0.15) is 14.1 Å². The zero-order chi connectivity index (χ0) is 22.0. The Morgan fingerprint density at radius 1 is 1.00 bits per heavy atom. The molecule has 0 aliphatic carbocycles. The van der Waals surface area contributed by atoms with E-state index in [1.165, 1.54) is 9.87 Å². The topological polar surface area (TPSA) is 80.5 Å². The summed E-state index contributed by atoms with van der Waals surface area (Å²) < 4.78 is 29.0. The van der Waals surface area contributed by atoms with Gasteiger partial charge in [0.05, 0.1) is 10.6 Å². The number of benzene rings is 2. The first-order valence-electron chi connectivity index (χ1n) is 10.3. The van der Waals surface area contributed by atoms with E-state index in [1.807, 2.05) is 19.9 Å². The molecule has 0 atom stereocenters. The van der Waals surface area contributed by atoms with Crippen molar-refractivity contribution in [1.82, 2.24) is 19.2 Å². The molecule has 0 amide bonds. The fraction of sp³-hybridized carbons (Fsp3) is 0.318. The Morgan fingerprint density at radius 3 is 2.42 bits per heavy atom. The molecule has 0 fully saturated rings. The van der Waals surface area contributed by atoms with Gasteiger partial charge in [0.25, 0.3) is 0 Å². The van der Waals surface area contributed by atoms with Gasteiger partial charge in [-0.3, -0.25) is 0 Å². The smallest absolute Gasteiger partial charge is 0.207 e. The molecule has 9 heteroatoms. The molecule has 0 saturated carbocycles. The quantitative estimate of drug-likeness (QED) is 0.540. The lowest BCUT2D eigenvalue weighted by Gasteiger charge is -2.19. The fourth-order valence-corrected chi connectivity index (χ4v) is 5.83. The van der Waals surface area contributed by atoms with Crippen molar-refractivity contribution in [2.45, 2.75) is 37.2 Å². The summed E-state index contributed by atoms with van der Waals surface area (Å²) in [4.78, 5) is 0.244. The SMILES string of the molecule is CCc1ccc(C2=Nn3c(nnc3-c3cccc(S(=O)(=O)N(CC)CC)c3)SC2)cc1. The summed E-state index contributed by atoms with van der Waals surface area (Å²) in [5, 5.41) is 14.1. The van der Waals surface area contributed by atoms with Gasteiger partial charge in [-0.1, -0.05) is 68.9 Å². The largest absolute Gasteiger partial charge is 0.243 e. The number of aromatic nitrogens is 3. The van der Waals surface area contributed by atoms with Crippen LogP contribution in [-0.2, 0) is 16.4 Å². The molecule has 7 nitrogen and oxygen atoms in total. The summed E-state index contributed by atoms with van der Waals surface area (Å²) in [6.45, 7) is 6.64. The van der Waals surface area contributed by atoms with Crippen LogP contribution in [0.5, 0.6) is 0 Å². The number of hydrogen-bond acceptors (Lipinski definition) is 6. The number of hydrogen-bond donors (Lipinski definition) is 0. The highest BCUT2D eigenvalue weighted by Gasteiger charge is 2.24. The zero-order valence-corrected chi connectivity index (χ0v) is 19.4. The van der Waals surface area contributed by atoms with E-state index in [9.17, 15) is 8.42 Å². The summed E-state index contributed by atoms with van der Waals surface area (Å²) in [6.07, 6.45) is 0.994. The van der Waals surface area contributed by atoms with Crippen molar-refractivity contribution in [3.63, 3.8) is 0 Å². The third kappa shape index (κ3) is 4.17. The third-order valence-electron chi connectivity index (χ3n) is 5.30. The Morgan fingerprint density at radius 2 is 1.74 bits per heavy atom. The minimum Gasteiger partial charge on any atom is -0.207 e. The monoisotopic (exact) mass is 455 g/mol. The molecule has 162 valence electrons. The summed E-state index contributed by atoms with van der Waals surface area (Å²) in [6, 6.07) is 15.2. The van der Waals surface area contributed by atoms with E-state index in [0.717, 1.165) is 17.7 Å². The molecular weight excluding hydrogens is 430 g/mol. The van der Waals surface area contributed by atoms with Gasteiger partial charge >= 0.3 is 0 Å². The molecule has 1 aliphatic rings. The van der Waals surface area contributed by atoms with Crippen molar-refractivity contribution < 1.29 is 8.42 Å². The van der Waals surface area contributed by atoms with Gasteiger partial charge in [0.15, 0.2) is 5.82 Å². The van der Waals surface area contributed by atoms with Crippen LogP contribution < -0.4 is 0 Å². The third-order valence-corrected chi connectivity index (χ3v) is 8.28. The summed E-state index contributed by atoms with van der Waals surface area (Å²) in [7, 11) is -3.56. The van der Waals surface area contributed by atoms with E-state index in [2.05, 4.69) is 41.4 Å². The van der Waals surface area contributed by atoms with Gasteiger partial charge in [-0.25, -0.2) is 8.42 Å². The lowest BCUT2D eigenvalue weighted by molar-refractivity contribution is 0.445. The Balaban J connectivity index is 1.73. The van der Waals surface area contributed by atoms with Crippen molar-refractivity contribution in [1.29, 1.82) is 0 Å². The van der Waals surface area contributed by atoms with Crippen molar-refractivity contribution in [2.24, 2.45) is 5.10 Å². The normalized spacial score (nSPS) is 13.9. The predicted molar refractivity (Wildman–Crippen MR) is 124 cm³/mol. The van der Waals surface area contributed by atoms with E-state index in [-0.39, 0.29) is 4.90 Å². The van der Waals surface area contributed by atoms with Crippen LogP contribution in [0.3, 0.4) is 0 Å². The predicted octanol–water partition coefficient (Wildman–Crippen LogP) is 3.90.